The van der Waals surface area contributed by atoms with E-state index < -0.39 is 0 Å². The molecule has 3 N–H and O–H groups in total. The van der Waals surface area contributed by atoms with E-state index in [1.54, 1.807) is 0 Å². The highest BCUT2D eigenvalue weighted by atomic mass is 16.2. The molecular weight excluding hydrogens is 338 g/mol. The molecule has 2 aromatic rings. The smallest absolute Gasteiger partial charge is 0.279 e. The summed E-state index contributed by atoms with van der Waals surface area (Å²) in [5, 5.41) is 5.95. The van der Waals surface area contributed by atoms with Crippen LogP contribution in [0.15, 0.2) is 54.6 Å². The van der Waals surface area contributed by atoms with Crippen LogP contribution in [0.25, 0.3) is 0 Å². The lowest BCUT2D eigenvalue weighted by Gasteiger charge is -2.28. The van der Waals surface area contributed by atoms with Crippen molar-refractivity contribution in [2.24, 2.45) is 5.92 Å². The quantitative estimate of drug-likeness (QED) is 0.733. The molecule has 1 fully saturated rings. The molecular formula is C22H28N3O2+. The Morgan fingerprint density at radius 3 is 2.19 bits per heavy atom. The summed E-state index contributed by atoms with van der Waals surface area (Å²) in [5.41, 5.74) is 2.94. The zero-order chi connectivity index (χ0) is 19.1. The normalized spacial score (nSPS) is 19.3. The molecule has 5 heteroatoms. The second-order valence-electron chi connectivity index (χ2n) is 7.15. The van der Waals surface area contributed by atoms with Gasteiger partial charge in [-0.2, -0.15) is 0 Å². The van der Waals surface area contributed by atoms with E-state index in [0.29, 0.717) is 6.54 Å². The average molecular weight is 366 g/mol. The topological polar surface area (TPSA) is 62.6 Å². The molecule has 0 aliphatic carbocycles. The molecule has 0 spiro atoms. The van der Waals surface area contributed by atoms with Gasteiger partial charge in [0.2, 0.25) is 5.91 Å². The highest BCUT2D eigenvalue weighted by Crippen LogP contribution is 2.14. The molecule has 0 saturated carbocycles. The second kappa shape index (κ2) is 9.33. The fourth-order valence-electron chi connectivity index (χ4n) is 3.49. The summed E-state index contributed by atoms with van der Waals surface area (Å²) in [5.74, 6) is 0.140. The summed E-state index contributed by atoms with van der Waals surface area (Å²) in [6.07, 6.45) is 2.62. The molecule has 0 aromatic heterocycles. The van der Waals surface area contributed by atoms with E-state index in [1.807, 2.05) is 54.6 Å². The number of hydrogen-bond donors (Lipinski definition) is 3. The van der Waals surface area contributed by atoms with Crippen LogP contribution in [0.5, 0.6) is 0 Å². The van der Waals surface area contributed by atoms with Gasteiger partial charge in [-0.05, 0) is 36.2 Å². The Balaban J connectivity index is 1.42. The molecule has 1 aliphatic rings. The number of benzene rings is 2. The molecule has 1 saturated heterocycles. The van der Waals surface area contributed by atoms with Crippen LogP contribution in [0.4, 0.5) is 11.4 Å². The zero-order valence-electron chi connectivity index (χ0n) is 15.8. The number of amides is 2. The number of aryl methyl sites for hydroxylation is 1. The maximum absolute atomic E-state index is 12.4. The van der Waals surface area contributed by atoms with E-state index in [2.05, 4.69) is 17.6 Å². The van der Waals surface area contributed by atoms with Crippen LogP contribution in [0.3, 0.4) is 0 Å². The van der Waals surface area contributed by atoms with Crippen LogP contribution in [0.1, 0.15) is 25.3 Å². The molecule has 27 heavy (non-hydrogen) atoms. The van der Waals surface area contributed by atoms with Gasteiger partial charge in [0.1, 0.15) is 0 Å². The molecule has 0 radical (unpaired) electrons. The first-order valence-corrected chi connectivity index (χ1v) is 9.72. The minimum atomic E-state index is 0.0265. The molecule has 2 amide bonds. The van der Waals surface area contributed by atoms with Crippen LogP contribution in [-0.2, 0) is 16.0 Å². The van der Waals surface area contributed by atoms with Crippen molar-refractivity contribution in [3.05, 3.63) is 60.2 Å². The molecule has 0 atom stereocenters. The summed E-state index contributed by atoms with van der Waals surface area (Å²) in [6, 6.07) is 17.5. The number of likely N-dealkylation sites (tertiary alicyclic amines) is 1. The van der Waals surface area contributed by atoms with Gasteiger partial charge in [0.25, 0.3) is 5.91 Å². The molecule has 1 heterocycles. The van der Waals surface area contributed by atoms with Crippen LogP contribution >= 0.6 is 0 Å². The number of para-hydroxylation sites is 1. The number of rotatable bonds is 6. The van der Waals surface area contributed by atoms with Gasteiger partial charge in [-0.1, -0.05) is 37.3 Å². The Labute approximate surface area is 160 Å². The lowest BCUT2D eigenvalue weighted by Crippen LogP contribution is -3.14. The number of carbonyl (C=O) groups is 2. The van der Waals surface area contributed by atoms with E-state index in [1.165, 1.54) is 10.5 Å². The van der Waals surface area contributed by atoms with Gasteiger partial charge in [0.05, 0.1) is 13.1 Å². The highest BCUT2D eigenvalue weighted by molar-refractivity contribution is 5.92. The van der Waals surface area contributed by atoms with Gasteiger partial charge in [-0.3, -0.25) is 9.59 Å². The molecule has 3 rings (SSSR count). The van der Waals surface area contributed by atoms with E-state index in [4.69, 9.17) is 0 Å². The van der Waals surface area contributed by atoms with Gasteiger partial charge in [-0.25, -0.2) is 0 Å². The maximum Gasteiger partial charge on any atom is 0.279 e. The van der Waals surface area contributed by atoms with Gasteiger partial charge < -0.3 is 15.5 Å². The van der Waals surface area contributed by atoms with Crippen molar-refractivity contribution in [1.82, 2.24) is 0 Å². The third-order valence-corrected chi connectivity index (χ3v) is 5.16. The monoisotopic (exact) mass is 366 g/mol. The predicted molar refractivity (Wildman–Crippen MR) is 108 cm³/mol. The first-order chi connectivity index (χ1) is 13.1. The standard InChI is InChI=1S/C22H27N3O2/c1-2-17-8-10-20(11-9-17)23-21(26)16-25-14-12-18(13-15-25)22(27)24-19-6-4-3-5-7-19/h3-11,18H,2,12-16H2,1H3,(H,23,26)(H,24,27)/p+1. The Morgan fingerprint density at radius 2 is 1.56 bits per heavy atom. The van der Waals surface area contributed by atoms with E-state index in [-0.39, 0.29) is 17.7 Å². The van der Waals surface area contributed by atoms with Crippen molar-refractivity contribution < 1.29 is 14.5 Å². The van der Waals surface area contributed by atoms with Gasteiger partial charge in [-0.15, -0.1) is 0 Å². The van der Waals surface area contributed by atoms with Crippen LogP contribution in [-0.4, -0.2) is 31.4 Å². The van der Waals surface area contributed by atoms with Crippen molar-refractivity contribution in [3.63, 3.8) is 0 Å². The lowest BCUT2D eigenvalue weighted by molar-refractivity contribution is -0.897. The third-order valence-electron chi connectivity index (χ3n) is 5.16. The molecule has 1 aliphatic heterocycles. The summed E-state index contributed by atoms with van der Waals surface area (Å²) in [4.78, 5) is 25.9. The van der Waals surface area contributed by atoms with Crippen molar-refractivity contribution in [3.8, 4) is 0 Å². The van der Waals surface area contributed by atoms with Crippen LogP contribution in [0.2, 0.25) is 0 Å². The molecule has 142 valence electrons. The molecule has 0 unspecified atom stereocenters. The number of piperidine rings is 1. The minimum absolute atomic E-state index is 0.0265. The van der Waals surface area contributed by atoms with Crippen LogP contribution < -0.4 is 15.5 Å². The summed E-state index contributed by atoms with van der Waals surface area (Å²) >= 11 is 0. The molecule has 0 bridgehead atoms. The largest absolute Gasteiger partial charge is 0.327 e. The number of hydrogen-bond acceptors (Lipinski definition) is 2. The van der Waals surface area contributed by atoms with Crippen LogP contribution in [0, 0.1) is 5.92 Å². The van der Waals surface area contributed by atoms with Gasteiger partial charge >= 0.3 is 0 Å². The number of nitrogens with one attached hydrogen (secondary N) is 3. The van der Waals surface area contributed by atoms with Gasteiger partial charge in [0, 0.05) is 30.1 Å². The van der Waals surface area contributed by atoms with E-state index in [9.17, 15) is 9.59 Å². The maximum atomic E-state index is 12.4. The average Bonchev–Trinajstić information content (AvgIpc) is 2.70. The van der Waals surface area contributed by atoms with Gasteiger partial charge in [0.15, 0.2) is 6.54 Å². The molecule has 5 nitrogen and oxygen atoms in total. The third kappa shape index (κ3) is 5.66. The SMILES string of the molecule is CCc1ccc(NC(=O)C[NH+]2CCC(C(=O)Nc3ccccc3)CC2)cc1. The summed E-state index contributed by atoms with van der Waals surface area (Å²) in [7, 11) is 0. The summed E-state index contributed by atoms with van der Waals surface area (Å²) < 4.78 is 0. The van der Waals surface area contributed by atoms with Crippen molar-refractivity contribution in [2.75, 3.05) is 30.3 Å². The Morgan fingerprint density at radius 1 is 0.926 bits per heavy atom. The summed E-state index contributed by atoms with van der Waals surface area (Å²) in [6.45, 7) is 4.24. The highest BCUT2D eigenvalue weighted by Gasteiger charge is 2.28. The first-order valence-electron chi connectivity index (χ1n) is 9.72. The predicted octanol–water partition coefficient (Wildman–Crippen LogP) is 2.12. The van der Waals surface area contributed by atoms with Crippen molar-refractivity contribution in [2.45, 2.75) is 26.2 Å². The Hall–Kier alpha value is -2.66. The fourth-order valence-corrected chi connectivity index (χ4v) is 3.49. The Kier molecular flexibility index (Phi) is 6.60. The Bertz CT molecular complexity index is 751. The first kappa shape index (κ1) is 19.1. The van der Waals surface area contributed by atoms with E-state index in [0.717, 1.165) is 43.7 Å². The fraction of sp³-hybridized carbons (Fsp3) is 0.364. The number of quaternary nitrogens is 1. The number of anilines is 2. The zero-order valence-corrected chi connectivity index (χ0v) is 15.8. The van der Waals surface area contributed by atoms with Crippen molar-refractivity contribution in [1.29, 1.82) is 0 Å². The second-order valence-corrected chi connectivity index (χ2v) is 7.15. The number of carbonyl (C=O) groups excluding carboxylic acids is 2. The van der Waals surface area contributed by atoms with Crippen molar-refractivity contribution >= 4 is 23.2 Å². The molecule has 2 aromatic carbocycles. The van der Waals surface area contributed by atoms with E-state index >= 15 is 0 Å². The lowest BCUT2D eigenvalue weighted by atomic mass is 9.96. The minimum Gasteiger partial charge on any atom is -0.327 e.